The maximum Gasteiger partial charge on any atom is 0.251 e. The highest BCUT2D eigenvalue weighted by molar-refractivity contribution is 5.94. The number of hydrogen-bond donors (Lipinski definition) is 2. The van der Waals surface area contributed by atoms with Gasteiger partial charge in [-0.2, -0.15) is 0 Å². The van der Waals surface area contributed by atoms with E-state index in [1.165, 1.54) is 11.3 Å². The van der Waals surface area contributed by atoms with Gasteiger partial charge < -0.3 is 10.6 Å². The number of rotatable bonds is 2. The third-order valence-corrected chi connectivity index (χ3v) is 3.48. The Morgan fingerprint density at radius 2 is 2.24 bits per heavy atom. The molecule has 3 heteroatoms. The van der Waals surface area contributed by atoms with Gasteiger partial charge in [0.05, 0.1) is 0 Å². The zero-order valence-corrected chi connectivity index (χ0v) is 10.7. The molecule has 0 bridgehead atoms. The van der Waals surface area contributed by atoms with E-state index < -0.39 is 0 Å². The highest BCUT2D eigenvalue weighted by Gasteiger charge is 2.21. The van der Waals surface area contributed by atoms with Crippen molar-refractivity contribution in [1.29, 1.82) is 0 Å². The molecule has 1 aromatic rings. The van der Waals surface area contributed by atoms with Gasteiger partial charge in [0.25, 0.3) is 5.91 Å². The number of fused-ring (bicyclic) bond motifs is 1. The summed E-state index contributed by atoms with van der Waals surface area (Å²) >= 11 is 0. The first kappa shape index (κ1) is 12.0. The molecule has 0 spiro atoms. The largest absolute Gasteiger partial charge is 0.382 e. The molecule has 17 heavy (non-hydrogen) atoms. The van der Waals surface area contributed by atoms with Gasteiger partial charge in [-0.15, -0.1) is 0 Å². The summed E-state index contributed by atoms with van der Waals surface area (Å²) in [7, 11) is 0. The summed E-state index contributed by atoms with van der Waals surface area (Å²) < 4.78 is 0. The van der Waals surface area contributed by atoms with Crippen LogP contribution in [0.4, 0.5) is 5.69 Å². The van der Waals surface area contributed by atoms with E-state index in [0.717, 1.165) is 12.0 Å². The van der Waals surface area contributed by atoms with Gasteiger partial charge in [0.2, 0.25) is 0 Å². The second kappa shape index (κ2) is 4.78. The van der Waals surface area contributed by atoms with Crippen molar-refractivity contribution in [2.45, 2.75) is 33.2 Å². The lowest BCUT2D eigenvalue weighted by Crippen LogP contribution is -2.31. The molecular formula is C14H20N2O. The summed E-state index contributed by atoms with van der Waals surface area (Å²) in [4.78, 5) is 11.7. The number of nitrogens with one attached hydrogen (secondary N) is 2. The molecular weight excluding hydrogens is 212 g/mol. The van der Waals surface area contributed by atoms with Crippen molar-refractivity contribution in [3.05, 3.63) is 29.3 Å². The van der Waals surface area contributed by atoms with Gasteiger partial charge in [-0.1, -0.05) is 6.92 Å². The second-order valence-corrected chi connectivity index (χ2v) is 4.85. The van der Waals surface area contributed by atoms with Gasteiger partial charge in [-0.3, -0.25) is 4.79 Å². The summed E-state index contributed by atoms with van der Waals surface area (Å²) in [6.45, 7) is 7.04. The van der Waals surface area contributed by atoms with Crippen LogP contribution in [0.25, 0.3) is 0 Å². The molecule has 0 saturated carbocycles. The zero-order chi connectivity index (χ0) is 12.4. The maximum absolute atomic E-state index is 11.7. The normalized spacial score (nSPS) is 22.5. The molecule has 3 nitrogen and oxygen atoms in total. The Bertz CT molecular complexity index is 428. The summed E-state index contributed by atoms with van der Waals surface area (Å²) in [5.74, 6) is 0.619. The third-order valence-electron chi connectivity index (χ3n) is 3.48. The lowest BCUT2D eigenvalue weighted by atomic mass is 9.89. The predicted molar refractivity (Wildman–Crippen MR) is 70.4 cm³/mol. The van der Waals surface area contributed by atoms with Crippen LogP contribution < -0.4 is 10.6 Å². The fourth-order valence-electron chi connectivity index (χ4n) is 2.22. The molecule has 92 valence electrons. The number of hydrogen-bond acceptors (Lipinski definition) is 2. The Kier molecular flexibility index (Phi) is 3.36. The molecule has 0 fully saturated rings. The minimum absolute atomic E-state index is 0.0153. The van der Waals surface area contributed by atoms with Crippen molar-refractivity contribution in [3.63, 3.8) is 0 Å². The molecule has 1 aliphatic rings. The Labute approximate surface area is 103 Å². The summed E-state index contributed by atoms with van der Waals surface area (Å²) in [5.41, 5.74) is 3.18. The van der Waals surface area contributed by atoms with Crippen LogP contribution in [-0.2, 0) is 6.42 Å². The summed E-state index contributed by atoms with van der Waals surface area (Å²) in [6.07, 6.45) is 1.04. The molecule has 0 aliphatic carbocycles. The lowest BCUT2D eigenvalue weighted by Gasteiger charge is -2.30. The average Bonchev–Trinajstić information content (AvgIpc) is 2.30. The molecule has 1 heterocycles. The van der Waals surface area contributed by atoms with Crippen LogP contribution in [0, 0.1) is 5.92 Å². The van der Waals surface area contributed by atoms with Crippen molar-refractivity contribution in [2.24, 2.45) is 5.92 Å². The minimum Gasteiger partial charge on any atom is -0.382 e. The highest BCUT2D eigenvalue weighted by Crippen LogP contribution is 2.28. The zero-order valence-electron chi connectivity index (χ0n) is 10.7. The smallest absolute Gasteiger partial charge is 0.251 e. The van der Waals surface area contributed by atoms with Crippen LogP contribution in [0.15, 0.2) is 18.2 Å². The van der Waals surface area contributed by atoms with Crippen LogP contribution in [0.2, 0.25) is 0 Å². The molecule has 0 radical (unpaired) electrons. The SMILES string of the molecule is CCNC(=O)c1ccc2c(c1)CC(C)[C@H](C)N2. The van der Waals surface area contributed by atoms with Crippen LogP contribution >= 0.6 is 0 Å². The molecule has 1 aliphatic heterocycles. The van der Waals surface area contributed by atoms with E-state index >= 15 is 0 Å². The second-order valence-electron chi connectivity index (χ2n) is 4.85. The van der Waals surface area contributed by atoms with Crippen molar-refractivity contribution in [1.82, 2.24) is 5.32 Å². The van der Waals surface area contributed by atoms with E-state index in [1.54, 1.807) is 0 Å². The van der Waals surface area contributed by atoms with E-state index in [1.807, 2.05) is 25.1 Å². The standard InChI is InChI=1S/C14H20N2O/c1-4-15-14(17)11-5-6-13-12(8-11)7-9(2)10(3)16-13/h5-6,8-10,16H,4,7H2,1-3H3,(H,15,17)/t9?,10-/m0/s1. The third kappa shape index (κ3) is 2.43. The summed E-state index contributed by atoms with van der Waals surface area (Å²) in [5, 5.41) is 6.31. The predicted octanol–water partition coefficient (Wildman–Crippen LogP) is 2.43. The van der Waals surface area contributed by atoms with Gasteiger partial charge in [0.1, 0.15) is 0 Å². The monoisotopic (exact) mass is 232 g/mol. The Hall–Kier alpha value is -1.51. The number of amides is 1. The fraction of sp³-hybridized carbons (Fsp3) is 0.500. The Balaban J connectivity index is 2.25. The first-order chi connectivity index (χ1) is 8.11. The van der Waals surface area contributed by atoms with Crippen molar-refractivity contribution >= 4 is 11.6 Å². The van der Waals surface area contributed by atoms with Crippen LogP contribution in [0.5, 0.6) is 0 Å². The Morgan fingerprint density at radius 3 is 2.94 bits per heavy atom. The van der Waals surface area contributed by atoms with Gasteiger partial charge in [-0.25, -0.2) is 0 Å². The topological polar surface area (TPSA) is 41.1 Å². The molecule has 2 atom stereocenters. The number of anilines is 1. The van der Waals surface area contributed by atoms with Crippen LogP contribution in [0.3, 0.4) is 0 Å². The van der Waals surface area contributed by atoms with Crippen molar-refractivity contribution in [3.8, 4) is 0 Å². The van der Waals surface area contributed by atoms with E-state index in [-0.39, 0.29) is 5.91 Å². The van der Waals surface area contributed by atoms with Gasteiger partial charge in [-0.05, 0) is 49.9 Å². The van der Waals surface area contributed by atoms with E-state index in [9.17, 15) is 4.79 Å². The van der Waals surface area contributed by atoms with E-state index in [4.69, 9.17) is 0 Å². The lowest BCUT2D eigenvalue weighted by molar-refractivity contribution is 0.0955. The van der Waals surface area contributed by atoms with Crippen molar-refractivity contribution < 1.29 is 4.79 Å². The first-order valence-corrected chi connectivity index (χ1v) is 6.29. The number of benzene rings is 1. The van der Waals surface area contributed by atoms with E-state index in [2.05, 4.69) is 24.5 Å². The minimum atomic E-state index is 0.0153. The highest BCUT2D eigenvalue weighted by atomic mass is 16.1. The molecule has 1 amide bonds. The molecule has 2 rings (SSSR count). The molecule has 0 aromatic heterocycles. The number of carbonyl (C=O) groups is 1. The molecule has 1 aromatic carbocycles. The van der Waals surface area contributed by atoms with Crippen LogP contribution in [0.1, 0.15) is 36.7 Å². The van der Waals surface area contributed by atoms with Gasteiger partial charge in [0, 0.05) is 23.8 Å². The Morgan fingerprint density at radius 1 is 1.47 bits per heavy atom. The number of carbonyl (C=O) groups excluding carboxylic acids is 1. The van der Waals surface area contributed by atoms with Crippen molar-refractivity contribution in [2.75, 3.05) is 11.9 Å². The molecule has 0 saturated heterocycles. The van der Waals surface area contributed by atoms with Crippen LogP contribution in [-0.4, -0.2) is 18.5 Å². The van der Waals surface area contributed by atoms with Gasteiger partial charge >= 0.3 is 0 Å². The average molecular weight is 232 g/mol. The first-order valence-electron chi connectivity index (χ1n) is 6.29. The quantitative estimate of drug-likeness (QED) is 0.822. The summed E-state index contributed by atoms with van der Waals surface area (Å²) in [6, 6.07) is 6.41. The van der Waals surface area contributed by atoms with Gasteiger partial charge in [0.15, 0.2) is 0 Å². The fourth-order valence-corrected chi connectivity index (χ4v) is 2.22. The molecule has 1 unspecified atom stereocenters. The maximum atomic E-state index is 11.7. The van der Waals surface area contributed by atoms with E-state index in [0.29, 0.717) is 18.5 Å². The molecule has 2 N–H and O–H groups in total.